The highest BCUT2D eigenvalue weighted by atomic mass is 35.5. The molecule has 158 valence electrons. The molecule has 0 bridgehead atoms. The van der Waals surface area contributed by atoms with Crippen LogP contribution in [0.15, 0.2) is 58.1 Å². The molecule has 31 heavy (non-hydrogen) atoms. The van der Waals surface area contributed by atoms with E-state index in [-0.39, 0.29) is 11.0 Å². The van der Waals surface area contributed by atoms with Crippen molar-refractivity contribution in [3.05, 3.63) is 90.8 Å². The second-order valence-corrected chi connectivity index (χ2v) is 8.81. The van der Waals surface area contributed by atoms with Crippen LogP contribution >= 0.6 is 11.6 Å². The van der Waals surface area contributed by atoms with Crippen LogP contribution in [0.1, 0.15) is 42.9 Å². The SMILES string of the molecule is CCCCCc1c(Cc2ccccc2)c(=O)n2c3c1c(=O)c1cc(Cl)ccc1n3CC2. The van der Waals surface area contributed by atoms with E-state index in [1.807, 2.05) is 47.0 Å². The van der Waals surface area contributed by atoms with Crippen LogP contribution in [-0.2, 0) is 25.9 Å². The van der Waals surface area contributed by atoms with E-state index >= 15 is 0 Å². The van der Waals surface area contributed by atoms with E-state index in [2.05, 4.69) is 11.5 Å². The van der Waals surface area contributed by atoms with E-state index in [0.717, 1.165) is 53.5 Å². The average molecular weight is 433 g/mol. The largest absolute Gasteiger partial charge is 0.325 e. The fraction of sp³-hybridized carbons (Fsp3) is 0.308. The van der Waals surface area contributed by atoms with Crippen LogP contribution < -0.4 is 11.0 Å². The molecule has 4 aromatic rings. The molecule has 0 saturated carbocycles. The molecule has 3 heterocycles. The first-order chi connectivity index (χ1) is 15.1. The molecule has 5 heteroatoms. The first-order valence-electron chi connectivity index (χ1n) is 11.0. The normalized spacial score (nSPS) is 12.8. The standard InChI is InChI=1S/C26H25ClN2O2/c1-2-3-5-10-19-20(15-17-8-6-4-7-9-17)26(31)29-14-13-28-22-12-11-18(27)16-21(22)24(30)23(19)25(28)29/h4,6-9,11-12,16H,2-3,5,10,13-15H2,1H3. The number of benzene rings is 2. The van der Waals surface area contributed by atoms with Gasteiger partial charge in [0.1, 0.15) is 5.65 Å². The van der Waals surface area contributed by atoms with Gasteiger partial charge in [0, 0.05) is 35.5 Å². The highest BCUT2D eigenvalue weighted by Gasteiger charge is 2.26. The summed E-state index contributed by atoms with van der Waals surface area (Å²) in [6.07, 6.45) is 4.41. The Kier molecular flexibility index (Phi) is 5.19. The summed E-state index contributed by atoms with van der Waals surface area (Å²) in [4.78, 5) is 27.4. The maximum atomic E-state index is 13.8. The van der Waals surface area contributed by atoms with Gasteiger partial charge in [0.2, 0.25) is 0 Å². The fourth-order valence-electron chi connectivity index (χ4n) is 4.95. The minimum atomic E-state index is -0.0137. The Morgan fingerprint density at radius 1 is 0.935 bits per heavy atom. The zero-order valence-corrected chi connectivity index (χ0v) is 18.4. The Balaban J connectivity index is 1.87. The van der Waals surface area contributed by atoms with Crippen molar-refractivity contribution >= 4 is 33.5 Å². The van der Waals surface area contributed by atoms with Gasteiger partial charge in [-0.05, 0) is 42.2 Å². The van der Waals surface area contributed by atoms with Crippen LogP contribution in [0.4, 0.5) is 0 Å². The zero-order chi connectivity index (χ0) is 21.5. The molecular formula is C26H25ClN2O2. The van der Waals surface area contributed by atoms with Gasteiger partial charge in [-0.2, -0.15) is 0 Å². The van der Waals surface area contributed by atoms with E-state index in [1.165, 1.54) is 0 Å². The summed E-state index contributed by atoms with van der Waals surface area (Å²) in [7, 11) is 0. The minimum Gasteiger partial charge on any atom is -0.325 e. The molecule has 0 N–H and O–H groups in total. The van der Waals surface area contributed by atoms with Gasteiger partial charge < -0.3 is 4.57 Å². The summed E-state index contributed by atoms with van der Waals surface area (Å²) in [5, 5.41) is 1.89. The summed E-state index contributed by atoms with van der Waals surface area (Å²) >= 11 is 6.25. The summed E-state index contributed by atoms with van der Waals surface area (Å²) in [6, 6.07) is 15.5. The van der Waals surface area contributed by atoms with Crippen molar-refractivity contribution in [3.63, 3.8) is 0 Å². The summed E-state index contributed by atoms with van der Waals surface area (Å²) < 4.78 is 3.94. The highest BCUT2D eigenvalue weighted by molar-refractivity contribution is 6.31. The lowest BCUT2D eigenvalue weighted by Gasteiger charge is -2.17. The topological polar surface area (TPSA) is 44.0 Å². The Labute approximate surface area is 185 Å². The van der Waals surface area contributed by atoms with Gasteiger partial charge in [0.15, 0.2) is 5.43 Å². The summed E-state index contributed by atoms with van der Waals surface area (Å²) in [5.41, 5.74) is 4.43. The Hall–Kier alpha value is -2.85. The molecule has 1 aliphatic rings. The third-order valence-electron chi connectivity index (χ3n) is 6.43. The van der Waals surface area contributed by atoms with Gasteiger partial charge in [0.05, 0.1) is 10.9 Å². The number of hydrogen-bond donors (Lipinski definition) is 0. The molecule has 0 fully saturated rings. The zero-order valence-electron chi connectivity index (χ0n) is 17.7. The Morgan fingerprint density at radius 3 is 2.48 bits per heavy atom. The van der Waals surface area contributed by atoms with Crippen LogP contribution in [0.25, 0.3) is 21.9 Å². The molecule has 2 aromatic heterocycles. The van der Waals surface area contributed by atoms with Crippen molar-refractivity contribution < 1.29 is 0 Å². The number of hydrogen-bond acceptors (Lipinski definition) is 2. The quantitative estimate of drug-likeness (QED) is 0.306. The molecule has 0 aliphatic carbocycles. The highest BCUT2D eigenvalue weighted by Crippen LogP contribution is 2.29. The molecule has 5 rings (SSSR count). The predicted octanol–water partition coefficient (Wildman–Crippen LogP) is 5.31. The van der Waals surface area contributed by atoms with Crippen molar-refractivity contribution in [2.24, 2.45) is 0 Å². The Morgan fingerprint density at radius 2 is 1.71 bits per heavy atom. The average Bonchev–Trinajstić information content (AvgIpc) is 3.22. The molecule has 1 aliphatic heterocycles. The maximum Gasteiger partial charge on any atom is 0.256 e. The summed E-state index contributed by atoms with van der Waals surface area (Å²) in [5.74, 6) is 0. The number of fused-ring (bicyclic) bond motifs is 2. The van der Waals surface area contributed by atoms with E-state index in [4.69, 9.17) is 11.6 Å². The number of pyridine rings is 2. The lowest BCUT2D eigenvalue weighted by Crippen LogP contribution is -2.27. The monoisotopic (exact) mass is 432 g/mol. The van der Waals surface area contributed by atoms with E-state index in [1.54, 1.807) is 6.07 Å². The van der Waals surface area contributed by atoms with Crippen molar-refractivity contribution in [2.75, 3.05) is 0 Å². The second kappa shape index (κ2) is 8.01. The number of unbranched alkanes of at least 4 members (excludes halogenated alkanes) is 2. The van der Waals surface area contributed by atoms with Crippen molar-refractivity contribution in [3.8, 4) is 0 Å². The molecule has 0 saturated heterocycles. The number of rotatable bonds is 6. The number of halogens is 1. The van der Waals surface area contributed by atoms with Crippen LogP contribution in [0.5, 0.6) is 0 Å². The van der Waals surface area contributed by atoms with E-state index in [0.29, 0.717) is 35.3 Å². The molecular weight excluding hydrogens is 408 g/mol. The van der Waals surface area contributed by atoms with E-state index < -0.39 is 0 Å². The third kappa shape index (κ3) is 3.30. The lowest BCUT2D eigenvalue weighted by atomic mass is 9.93. The van der Waals surface area contributed by atoms with Crippen LogP contribution in [-0.4, -0.2) is 9.13 Å². The van der Waals surface area contributed by atoms with Crippen molar-refractivity contribution in [2.45, 2.75) is 52.1 Å². The number of aryl methyl sites for hydroxylation is 3. The molecule has 2 aromatic carbocycles. The second-order valence-electron chi connectivity index (χ2n) is 8.37. The van der Waals surface area contributed by atoms with Gasteiger partial charge in [-0.1, -0.05) is 61.7 Å². The van der Waals surface area contributed by atoms with Crippen LogP contribution in [0, 0.1) is 0 Å². The molecule has 0 spiro atoms. The fourth-order valence-corrected chi connectivity index (χ4v) is 5.12. The van der Waals surface area contributed by atoms with Gasteiger partial charge >= 0.3 is 0 Å². The molecule has 0 unspecified atom stereocenters. The maximum absolute atomic E-state index is 13.8. The van der Waals surface area contributed by atoms with Gasteiger partial charge in [0.25, 0.3) is 5.56 Å². The number of nitrogens with zero attached hydrogens (tertiary/aromatic N) is 2. The first-order valence-corrected chi connectivity index (χ1v) is 11.4. The number of aromatic nitrogens is 2. The smallest absolute Gasteiger partial charge is 0.256 e. The molecule has 0 amide bonds. The van der Waals surface area contributed by atoms with E-state index in [9.17, 15) is 9.59 Å². The molecule has 0 atom stereocenters. The predicted molar refractivity (Wildman–Crippen MR) is 127 cm³/mol. The van der Waals surface area contributed by atoms with Crippen molar-refractivity contribution in [1.29, 1.82) is 0 Å². The summed E-state index contributed by atoms with van der Waals surface area (Å²) in [6.45, 7) is 3.44. The van der Waals surface area contributed by atoms with Crippen molar-refractivity contribution in [1.82, 2.24) is 9.13 Å². The van der Waals surface area contributed by atoms with Gasteiger partial charge in [-0.15, -0.1) is 0 Å². The van der Waals surface area contributed by atoms with Crippen LogP contribution in [0.3, 0.4) is 0 Å². The van der Waals surface area contributed by atoms with Gasteiger partial charge in [-0.25, -0.2) is 0 Å². The van der Waals surface area contributed by atoms with Gasteiger partial charge in [-0.3, -0.25) is 14.2 Å². The Bertz CT molecular complexity index is 1420. The first kappa shape index (κ1) is 20.1. The molecule has 4 nitrogen and oxygen atoms in total. The molecule has 0 radical (unpaired) electrons. The van der Waals surface area contributed by atoms with Crippen LogP contribution in [0.2, 0.25) is 5.02 Å². The lowest BCUT2D eigenvalue weighted by molar-refractivity contribution is 0.674. The third-order valence-corrected chi connectivity index (χ3v) is 6.66. The minimum absolute atomic E-state index is 0.0137.